The van der Waals surface area contributed by atoms with Crippen molar-refractivity contribution in [2.75, 3.05) is 6.61 Å². The van der Waals surface area contributed by atoms with E-state index in [4.69, 9.17) is 4.74 Å². The molecule has 2 aromatic rings. The van der Waals surface area contributed by atoms with Gasteiger partial charge in [0.1, 0.15) is 5.82 Å². The normalized spacial score (nSPS) is 11.4. The van der Waals surface area contributed by atoms with Gasteiger partial charge in [0.15, 0.2) is 6.61 Å². The first-order chi connectivity index (χ1) is 12.4. The van der Waals surface area contributed by atoms with E-state index in [0.717, 1.165) is 17.0 Å². The summed E-state index contributed by atoms with van der Waals surface area (Å²) in [6.45, 7) is 5.81. The van der Waals surface area contributed by atoms with Crippen molar-refractivity contribution >= 4 is 11.8 Å². The zero-order valence-corrected chi connectivity index (χ0v) is 15.2. The number of ketones is 1. The molecule has 1 heterocycles. The predicted molar refractivity (Wildman–Crippen MR) is 98.7 cm³/mol. The molecule has 0 spiro atoms. The fraction of sp³-hybridized carbons (Fsp3) is 0.238. The maximum Gasteiger partial charge on any atom is 0.331 e. The summed E-state index contributed by atoms with van der Waals surface area (Å²) in [7, 11) is 0. The third kappa shape index (κ3) is 5.02. The van der Waals surface area contributed by atoms with Gasteiger partial charge in [-0.3, -0.25) is 4.79 Å². The van der Waals surface area contributed by atoms with Gasteiger partial charge >= 0.3 is 5.97 Å². The number of esters is 1. The van der Waals surface area contributed by atoms with Crippen molar-refractivity contribution in [1.29, 1.82) is 0 Å². The average molecular weight is 355 g/mol. The molecule has 0 amide bonds. The van der Waals surface area contributed by atoms with E-state index in [2.05, 4.69) is 0 Å². The Kier molecular flexibility index (Phi) is 6.67. The molecule has 0 aliphatic rings. The van der Waals surface area contributed by atoms with Crippen molar-refractivity contribution in [2.24, 2.45) is 0 Å². The number of halogens is 1. The highest BCUT2D eigenvalue weighted by atomic mass is 19.1. The summed E-state index contributed by atoms with van der Waals surface area (Å²) in [6, 6.07) is 8.04. The second-order valence-electron chi connectivity index (χ2n) is 5.91. The van der Waals surface area contributed by atoms with Crippen LogP contribution in [0.25, 0.3) is 0 Å². The molecule has 0 unspecified atom stereocenters. The Labute approximate surface area is 152 Å². The van der Waals surface area contributed by atoms with E-state index in [-0.39, 0.29) is 18.2 Å². The lowest BCUT2D eigenvalue weighted by atomic mass is 10.1. The number of hydrogen-bond acceptors (Lipinski definition) is 3. The fourth-order valence-corrected chi connectivity index (χ4v) is 2.61. The van der Waals surface area contributed by atoms with Crippen LogP contribution < -0.4 is 0 Å². The molecule has 5 heteroatoms. The first-order valence-electron chi connectivity index (χ1n) is 8.33. The van der Waals surface area contributed by atoms with Gasteiger partial charge in [-0.25, -0.2) is 9.18 Å². The van der Waals surface area contributed by atoms with E-state index < -0.39 is 5.97 Å². The fourth-order valence-electron chi connectivity index (χ4n) is 2.61. The molecular weight excluding hydrogens is 333 g/mol. The predicted octanol–water partition coefficient (Wildman–Crippen LogP) is 4.15. The lowest BCUT2D eigenvalue weighted by Crippen LogP contribution is -2.13. The highest BCUT2D eigenvalue weighted by Crippen LogP contribution is 2.18. The summed E-state index contributed by atoms with van der Waals surface area (Å²) in [6.07, 6.45) is 6.31. The summed E-state index contributed by atoms with van der Waals surface area (Å²) in [5.74, 6) is -1.09. The van der Waals surface area contributed by atoms with Gasteiger partial charge in [-0.2, -0.15) is 0 Å². The largest absolute Gasteiger partial charge is 0.454 e. The standard InChI is InChI=1S/C21H22FNO3/c1-4-5-6-7-21(25)26-14-20(24)19-12-15(2)23(16(19)3)13-17-8-10-18(22)11-9-17/h4-12H,13-14H2,1-3H3/b5-4+,7-6+. The third-order valence-corrected chi connectivity index (χ3v) is 4.01. The van der Waals surface area contributed by atoms with E-state index in [9.17, 15) is 14.0 Å². The molecule has 0 radical (unpaired) electrons. The van der Waals surface area contributed by atoms with Crippen LogP contribution in [-0.2, 0) is 16.1 Å². The second-order valence-corrected chi connectivity index (χ2v) is 5.91. The van der Waals surface area contributed by atoms with Crippen molar-refractivity contribution in [3.63, 3.8) is 0 Å². The highest BCUT2D eigenvalue weighted by molar-refractivity contribution is 5.99. The minimum atomic E-state index is -0.559. The summed E-state index contributed by atoms with van der Waals surface area (Å²) >= 11 is 0. The van der Waals surface area contributed by atoms with Gasteiger partial charge in [-0.15, -0.1) is 0 Å². The molecule has 0 N–H and O–H groups in total. The van der Waals surface area contributed by atoms with Crippen molar-refractivity contribution < 1.29 is 18.7 Å². The Morgan fingerprint density at radius 3 is 2.50 bits per heavy atom. The Morgan fingerprint density at radius 1 is 1.15 bits per heavy atom. The molecule has 0 atom stereocenters. The third-order valence-electron chi connectivity index (χ3n) is 4.01. The number of aromatic nitrogens is 1. The van der Waals surface area contributed by atoms with Crippen LogP contribution in [0.4, 0.5) is 4.39 Å². The second kappa shape index (κ2) is 8.94. The number of carbonyl (C=O) groups excluding carboxylic acids is 2. The number of rotatable bonds is 7. The molecule has 0 fully saturated rings. The maximum absolute atomic E-state index is 13.0. The van der Waals surface area contributed by atoms with Gasteiger partial charge in [0.25, 0.3) is 0 Å². The monoisotopic (exact) mass is 355 g/mol. The molecule has 136 valence electrons. The van der Waals surface area contributed by atoms with Crippen LogP contribution in [0.1, 0.15) is 34.2 Å². The van der Waals surface area contributed by atoms with Crippen molar-refractivity contribution in [3.8, 4) is 0 Å². The number of hydrogen-bond donors (Lipinski definition) is 0. The average Bonchev–Trinajstić information content (AvgIpc) is 2.90. The Bertz CT molecular complexity index is 845. The zero-order chi connectivity index (χ0) is 19.1. The van der Waals surface area contributed by atoms with E-state index in [0.29, 0.717) is 12.1 Å². The van der Waals surface area contributed by atoms with Crippen LogP contribution in [0.2, 0.25) is 0 Å². The van der Waals surface area contributed by atoms with Crippen molar-refractivity contribution in [2.45, 2.75) is 27.3 Å². The molecule has 0 aliphatic carbocycles. The number of aryl methyl sites for hydroxylation is 1. The molecular formula is C21H22FNO3. The molecule has 26 heavy (non-hydrogen) atoms. The first-order valence-corrected chi connectivity index (χ1v) is 8.33. The number of nitrogens with zero attached hydrogens (tertiary/aromatic N) is 1. The molecule has 1 aromatic heterocycles. The number of benzene rings is 1. The van der Waals surface area contributed by atoms with Crippen LogP contribution in [0.15, 0.2) is 54.6 Å². The number of ether oxygens (including phenoxy) is 1. The first kappa shape index (κ1) is 19.4. The minimum absolute atomic E-state index is 0.253. The summed E-state index contributed by atoms with van der Waals surface area (Å²) in [4.78, 5) is 23.9. The SMILES string of the molecule is C/C=C/C=C/C(=O)OCC(=O)c1cc(C)n(Cc2ccc(F)cc2)c1C. The molecule has 2 rings (SSSR count). The zero-order valence-electron chi connectivity index (χ0n) is 15.2. The minimum Gasteiger partial charge on any atom is -0.454 e. The van der Waals surface area contributed by atoms with Crippen molar-refractivity contribution in [1.82, 2.24) is 4.57 Å². The van der Waals surface area contributed by atoms with Crippen LogP contribution in [-0.4, -0.2) is 22.9 Å². The smallest absolute Gasteiger partial charge is 0.331 e. The maximum atomic E-state index is 13.0. The molecule has 0 saturated carbocycles. The molecule has 0 bridgehead atoms. The quantitative estimate of drug-likeness (QED) is 0.324. The van der Waals surface area contributed by atoms with Crippen LogP contribution in [0.3, 0.4) is 0 Å². The van der Waals surface area contributed by atoms with Crippen molar-refractivity contribution in [3.05, 3.63) is 83.0 Å². The summed E-state index contributed by atoms with van der Waals surface area (Å²) < 4.78 is 20.0. The molecule has 0 aliphatic heterocycles. The Hall–Kier alpha value is -2.95. The van der Waals surface area contributed by atoms with Crippen LogP contribution >= 0.6 is 0 Å². The van der Waals surface area contributed by atoms with E-state index in [1.807, 2.05) is 25.3 Å². The van der Waals surface area contributed by atoms with Crippen LogP contribution in [0, 0.1) is 19.7 Å². The lowest BCUT2D eigenvalue weighted by molar-refractivity contribution is -0.136. The van der Waals surface area contributed by atoms with Gasteiger partial charge in [-0.1, -0.05) is 30.4 Å². The molecule has 0 saturated heterocycles. The van der Waals surface area contributed by atoms with E-state index >= 15 is 0 Å². The summed E-state index contributed by atoms with van der Waals surface area (Å²) in [5.41, 5.74) is 3.16. The van der Waals surface area contributed by atoms with Gasteiger partial charge in [0.05, 0.1) is 0 Å². The van der Waals surface area contributed by atoms with Gasteiger partial charge in [-0.05, 0) is 44.5 Å². The Balaban J connectivity index is 2.07. The summed E-state index contributed by atoms with van der Waals surface area (Å²) in [5, 5.41) is 0. The highest BCUT2D eigenvalue weighted by Gasteiger charge is 2.17. The van der Waals surface area contributed by atoms with Gasteiger partial charge < -0.3 is 9.30 Å². The van der Waals surface area contributed by atoms with Crippen LogP contribution in [0.5, 0.6) is 0 Å². The Morgan fingerprint density at radius 2 is 1.85 bits per heavy atom. The lowest BCUT2D eigenvalue weighted by Gasteiger charge is -2.10. The van der Waals surface area contributed by atoms with E-state index in [1.54, 1.807) is 36.4 Å². The molecule has 1 aromatic carbocycles. The van der Waals surface area contributed by atoms with Gasteiger partial charge in [0, 0.05) is 29.6 Å². The van der Waals surface area contributed by atoms with Gasteiger partial charge in [0.2, 0.25) is 5.78 Å². The number of Topliss-reactive ketones (excluding diaryl/α,β-unsaturated/α-hetero) is 1. The number of carbonyl (C=O) groups is 2. The molecule has 4 nitrogen and oxygen atoms in total. The number of allylic oxidation sites excluding steroid dienone is 3. The topological polar surface area (TPSA) is 48.3 Å². The van der Waals surface area contributed by atoms with E-state index in [1.165, 1.54) is 18.2 Å².